The van der Waals surface area contributed by atoms with E-state index < -0.39 is 35.2 Å². The zero-order valence-corrected chi connectivity index (χ0v) is 30.1. The topological polar surface area (TPSA) is 179 Å². The number of rotatable bonds is 8. The molecule has 0 aliphatic carbocycles. The molecule has 15 heteroatoms. The number of nitrogens with two attached hydrogens (primary N) is 1. The quantitative estimate of drug-likeness (QED) is 0.258. The number of piperazine rings is 1. The fourth-order valence-corrected chi connectivity index (χ4v) is 6.88. The van der Waals surface area contributed by atoms with E-state index in [1.54, 1.807) is 36.3 Å². The van der Waals surface area contributed by atoms with Crippen molar-refractivity contribution in [2.45, 2.75) is 71.4 Å². The number of primary amides is 1. The lowest BCUT2D eigenvalue weighted by Gasteiger charge is -2.35. The molecule has 1 saturated heterocycles. The molecule has 3 amide bonds. The first kappa shape index (κ1) is 35.8. The SMILES string of the molecule is CC[C@@]1(OC(=O)NC(C)C)C(=O)OCc2c1cc1n(c2=O)Cc2cc3c(CC(C)N(C)C)c(OC(=O)N4CCN(C)CC4)c(C(N)=O)cc3nc2-1. The summed E-state index contributed by atoms with van der Waals surface area (Å²) in [5.41, 5.74) is 6.74. The molecule has 51 heavy (non-hydrogen) atoms. The summed E-state index contributed by atoms with van der Waals surface area (Å²) in [7, 11) is 5.85. The highest BCUT2D eigenvalue weighted by molar-refractivity contribution is 6.03. The normalized spacial score (nSPS) is 19.0. The Bertz CT molecular complexity index is 2000. The van der Waals surface area contributed by atoms with Crippen LogP contribution in [0, 0.1) is 0 Å². The second-order valence-electron chi connectivity index (χ2n) is 14.1. The van der Waals surface area contributed by atoms with Crippen molar-refractivity contribution in [1.82, 2.24) is 29.6 Å². The van der Waals surface area contributed by atoms with Gasteiger partial charge < -0.3 is 44.5 Å². The minimum Gasteiger partial charge on any atom is -0.457 e. The summed E-state index contributed by atoms with van der Waals surface area (Å²) in [6.07, 6.45) is -0.963. The van der Waals surface area contributed by atoms with Crippen LogP contribution in [0.5, 0.6) is 5.75 Å². The Labute approximate surface area is 295 Å². The molecule has 1 fully saturated rings. The number of carbonyl (C=O) groups excluding carboxylic acids is 4. The Hall–Kier alpha value is -5.02. The molecule has 3 aliphatic rings. The first-order chi connectivity index (χ1) is 24.1. The molecule has 272 valence electrons. The van der Waals surface area contributed by atoms with E-state index in [1.807, 2.05) is 39.0 Å². The molecule has 3 aliphatic heterocycles. The number of likely N-dealkylation sites (N-methyl/N-ethyl adjacent to an activating group) is 2. The Morgan fingerprint density at radius 2 is 1.80 bits per heavy atom. The first-order valence-electron chi connectivity index (χ1n) is 17.2. The van der Waals surface area contributed by atoms with Crippen molar-refractivity contribution in [1.29, 1.82) is 0 Å². The van der Waals surface area contributed by atoms with Crippen LogP contribution in [-0.2, 0) is 39.4 Å². The van der Waals surface area contributed by atoms with Gasteiger partial charge in [-0.1, -0.05) is 6.92 Å². The third kappa shape index (κ3) is 6.40. The molecule has 3 aromatic rings. The average molecular weight is 704 g/mol. The van der Waals surface area contributed by atoms with Gasteiger partial charge in [0.15, 0.2) is 0 Å². The zero-order chi connectivity index (χ0) is 36.9. The summed E-state index contributed by atoms with van der Waals surface area (Å²) in [6, 6.07) is 4.79. The molecule has 0 saturated carbocycles. The van der Waals surface area contributed by atoms with E-state index >= 15 is 0 Å². The maximum Gasteiger partial charge on any atom is 0.415 e. The molecule has 2 atom stereocenters. The van der Waals surface area contributed by atoms with E-state index in [0.717, 1.165) is 0 Å². The summed E-state index contributed by atoms with van der Waals surface area (Å²) >= 11 is 0. The predicted octanol–water partition coefficient (Wildman–Crippen LogP) is 2.56. The molecule has 0 radical (unpaired) electrons. The van der Waals surface area contributed by atoms with Gasteiger partial charge in [0.05, 0.1) is 34.6 Å². The maximum absolute atomic E-state index is 14.1. The molecular weight excluding hydrogens is 658 g/mol. The molecule has 1 unspecified atom stereocenters. The summed E-state index contributed by atoms with van der Waals surface area (Å²) in [4.78, 5) is 77.4. The van der Waals surface area contributed by atoms with Crippen LogP contribution in [0.4, 0.5) is 9.59 Å². The number of esters is 1. The van der Waals surface area contributed by atoms with Gasteiger partial charge in [0.25, 0.3) is 11.5 Å². The number of benzene rings is 1. The highest BCUT2D eigenvalue weighted by Crippen LogP contribution is 2.42. The lowest BCUT2D eigenvalue weighted by Crippen LogP contribution is -2.49. The average Bonchev–Trinajstić information content (AvgIpc) is 3.43. The Kier molecular flexibility index (Phi) is 9.55. The van der Waals surface area contributed by atoms with E-state index in [2.05, 4.69) is 10.2 Å². The van der Waals surface area contributed by atoms with Crippen LogP contribution in [-0.4, -0.2) is 108 Å². The van der Waals surface area contributed by atoms with Gasteiger partial charge in [-0.05, 0) is 73.0 Å². The maximum atomic E-state index is 14.1. The molecule has 1 aromatic carbocycles. The van der Waals surface area contributed by atoms with Gasteiger partial charge in [-0.2, -0.15) is 0 Å². The zero-order valence-electron chi connectivity index (χ0n) is 30.1. The largest absolute Gasteiger partial charge is 0.457 e. The number of aromatic nitrogens is 2. The van der Waals surface area contributed by atoms with Gasteiger partial charge in [0.2, 0.25) is 5.60 Å². The Morgan fingerprint density at radius 3 is 2.43 bits per heavy atom. The number of pyridine rings is 2. The van der Waals surface area contributed by atoms with E-state index in [-0.39, 0.29) is 54.1 Å². The summed E-state index contributed by atoms with van der Waals surface area (Å²) in [6.45, 7) is 9.45. The van der Waals surface area contributed by atoms with Crippen LogP contribution in [0.2, 0.25) is 0 Å². The Morgan fingerprint density at radius 1 is 1.10 bits per heavy atom. The summed E-state index contributed by atoms with van der Waals surface area (Å²) in [5.74, 6) is -1.46. The summed E-state index contributed by atoms with van der Waals surface area (Å²) < 4.78 is 18.8. The summed E-state index contributed by atoms with van der Waals surface area (Å²) in [5, 5.41) is 3.29. The third-order valence-corrected chi connectivity index (χ3v) is 10.1. The molecule has 15 nitrogen and oxygen atoms in total. The second kappa shape index (κ2) is 13.6. The molecule has 0 bridgehead atoms. The van der Waals surface area contributed by atoms with Crippen LogP contribution in [0.3, 0.4) is 0 Å². The monoisotopic (exact) mass is 703 g/mol. The standard InChI is InChI=1S/C36H45N7O8/c1-8-36(51-34(47)38-19(2)3)26-16-28-29-21(17-43(28)32(45)25(26)18-49-33(36)46)14-22-23(13-20(4)40(5)6)30(24(31(37)44)15-27(22)39-29)50-35(48)42-11-9-41(7)10-12-42/h14-16,19-20H,8-13,17-18H2,1-7H3,(H2,37,44)(H,38,47)/t20?,36-/m0/s1. The van der Waals surface area contributed by atoms with Crippen LogP contribution in [0.25, 0.3) is 22.3 Å². The van der Waals surface area contributed by atoms with Crippen molar-refractivity contribution in [2.75, 3.05) is 47.3 Å². The van der Waals surface area contributed by atoms with Crippen LogP contribution < -0.4 is 21.3 Å². The highest BCUT2D eigenvalue weighted by atomic mass is 16.6. The third-order valence-electron chi connectivity index (χ3n) is 10.1. The highest BCUT2D eigenvalue weighted by Gasteiger charge is 2.50. The van der Waals surface area contributed by atoms with Crippen molar-refractivity contribution in [3.63, 3.8) is 0 Å². The molecule has 6 rings (SSSR count). The van der Waals surface area contributed by atoms with Gasteiger partial charge in [0, 0.05) is 60.3 Å². The van der Waals surface area contributed by atoms with Crippen molar-refractivity contribution in [3.8, 4) is 17.1 Å². The van der Waals surface area contributed by atoms with Gasteiger partial charge in [-0.3, -0.25) is 9.59 Å². The lowest BCUT2D eigenvalue weighted by molar-refractivity contribution is -0.172. The van der Waals surface area contributed by atoms with Crippen molar-refractivity contribution in [2.24, 2.45) is 5.73 Å². The van der Waals surface area contributed by atoms with Gasteiger partial charge in [-0.25, -0.2) is 19.4 Å². The fourth-order valence-electron chi connectivity index (χ4n) is 6.88. The van der Waals surface area contributed by atoms with Crippen molar-refractivity contribution >= 4 is 35.0 Å². The molecule has 2 aromatic heterocycles. The fraction of sp³-hybridized carbons (Fsp3) is 0.500. The number of hydrogen-bond donors (Lipinski definition) is 2. The van der Waals surface area contributed by atoms with E-state index in [1.165, 1.54) is 6.07 Å². The Balaban J connectivity index is 1.51. The van der Waals surface area contributed by atoms with Gasteiger partial charge in [-0.15, -0.1) is 0 Å². The van der Waals surface area contributed by atoms with Crippen molar-refractivity contribution in [3.05, 3.63) is 56.4 Å². The molecular formula is C36H45N7O8. The lowest BCUT2D eigenvalue weighted by atomic mass is 9.85. The van der Waals surface area contributed by atoms with Gasteiger partial charge >= 0.3 is 18.2 Å². The molecule has 5 heterocycles. The minimum absolute atomic E-state index is 0.0107. The van der Waals surface area contributed by atoms with Gasteiger partial charge in [0.1, 0.15) is 12.4 Å². The van der Waals surface area contributed by atoms with E-state index in [9.17, 15) is 24.0 Å². The number of amides is 3. The van der Waals surface area contributed by atoms with Crippen LogP contribution >= 0.6 is 0 Å². The number of carbonyl (C=O) groups is 4. The number of nitrogens with zero attached hydrogens (tertiary/aromatic N) is 5. The number of hydrogen-bond acceptors (Lipinski definition) is 11. The van der Waals surface area contributed by atoms with Crippen molar-refractivity contribution < 1.29 is 33.4 Å². The predicted molar refractivity (Wildman–Crippen MR) is 188 cm³/mol. The molecule has 0 spiro atoms. The van der Waals surface area contributed by atoms with E-state index in [0.29, 0.717) is 66.0 Å². The number of fused-ring (bicyclic) bond motifs is 5. The van der Waals surface area contributed by atoms with Crippen LogP contribution in [0.15, 0.2) is 23.0 Å². The number of ether oxygens (including phenoxy) is 3. The smallest absolute Gasteiger partial charge is 0.415 e. The first-order valence-corrected chi connectivity index (χ1v) is 17.2. The number of alkyl carbamates (subject to hydrolysis) is 1. The minimum atomic E-state index is -1.85. The molecule has 3 N–H and O–H groups in total. The van der Waals surface area contributed by atoms with E-state index in [4.69, 9.17) is 24.9 Å². The number of nitrogens with one attached hydrogen (secondary N) is 1. The van der Waals surface area contributed by atoms with Crippen LogP contribution in [0.1, 0.15) is 66.7 Å². The second-order valence-corrected chi connectivity index (χ2v) is 14.1. The number of cyclic esters (lactones) is 1.